The second kappa shape index (κ2) is 6.19. The number of hydrogen-bond donors (Lipinski definition) is 2. The number of likely N-dealkylation sites (N-methyl/N-ethyl adjacent to an activating group) is 1. The Balaban J connectivity index is 2.39. The van der Waals surface area contributed by atoms with Crippen molar-refractivity contribution in [2.45, 2.75) is 13.8 Å². The van der Waals surface area contributed by atoms with Gasteiger partial charge in [-0.2, -0.15) is 0 Å². The molecule has 0 aliphatic carbocycles. The van der Waals surface area contributed by atoms with Crippen molar-refractivity contribution in [1.29, 1.82) is 0 Å². The summed E-state index contributed by atoms with van der Waals surface area (Å²) in [7, 11) is 0. The number of carbonyl (C=O) groups excluding carboxylic acids is 1. The Morgan fingerprint density at radius 3 is 2.40 bits per heavy atom. The second-order valence-electron chi connectivity index (χ2n) is 3.41. The van der Waals surface area contributed by atoms with Crippen LogP contribution < -0.4 is 10.6 Å². The number of carbonyl (C=O) groups is 1. The van der Waals surface area contributed by atoms with Crippen LogP contribution in [0.4, 0.5) is 5.69 Å². The van der Waals surface area contributed by atoms with Crippen molar-refractivity contribution < 1.29 is 4.79 Å². The normalized spacial score (nSPS) is 10.0. The van der Waals surface area contributed by atoms with E-state index in [1.807, 2.05) is 24.3 Å². The monoisotopic (exact) mass is 206 g/mol. The van der Waals surface area contributed by atoms with Gasteiger partial charge in [-0.3, -0.25) is 4.79 Å². The van der Waals surface area contributed by atoms with Gasteiger partial charge in [0, 0.05) is 24.3 Å². The van der Waals surface area contributed by atoms with E-state index in [1.54, 1.807) is 6.92 Å². The number of ketones is 1. The first-order valence-corrected chi connectivity index (χ1v) is 5.29. The van der Waals surface area contributed by atoms with Gasteiger partial charge in [-0.15, -0.1) is 0 Å². The summed E-state index contributed by atoms with van der Waals surface area (Å²) in [5.41, 5.74) is 1.81. The number of nitrogens with one attached hydrogen (secondary N) is 2. The maximum Gasteiger partial charge on any atom is 0.159 e. The van der Waals surface area contributed by atoms with Gasteiger partial charge in [0.2, 0.25) is 0 Å². The van der Waals surface area contributed by atoms with Crippen LogP contribution in [-0.4, -0.2) is 25.4 Å². The predicted molar refractivity (Wildman–Crippen MR) is 63.5 cm³/mol. The van der Waals surface area contributed by atoms with E-state index < -0.39 is 0 Å². The Morgan fingerprint density at radius 2 is 1.87 bits per heavy atom. The van der Waals surface area contributed by atoms with Crippen LogP contribution in [0.2, 0.25) is 0 Å². The first-order chi connectivity index (χ1) is 7.24. The van der Waals surface area contributed by atoms with E-state index in [-0.39, 0.29) is 5.78 Å². The van der Waals surface area contributed by atoms with E-state index >= 15 is 0 Å². The van der Waals surface area contributed by atoms with Crippen molar-refractivity contribution in [1.82, 2.24) is 5.32 Å². The van der Waals surface area contributed by atoms with Crippen LogP contribution in [0.5, 0.6) is 0 Å². The predicted octanol–water partition coefficient (Wildman–Crippen LogP) is 1.91. The van der Waals surface area contributed by atoms with Crippen LogP contribution in [0.25, 0.3) is 0 Å². The van der Waals surface area contributed by atoms with Crippen LogP contribution in [0.1, 0.15) is 24.2 Å². The molecule has 3 heteroatoms. The lowest BCUT2D eigenvalue weighted by molar-refractivity contribution is 0.101. The molecule has 0 unspecified atom stereocenters. The average Bonchev–Trinajstić information content (AvgIpc) is 2.25. The number of anilines is 1. The van der Waals surface area contributed by atoms with Gasteiger partial charge in [-0.25, -0.2) is 0 Å². The van der Waals surface area contributed by atoms with E-state index in [1.165, 1.54) is 0 Å². The van der Waals surface area contributed by atoms with E-state index in [4.69, 9.17) is 0 Å². The third-order valence-corrected chi connectivity index (χ3v) is 2.17. The topological polar surface area (TPSA) is 41.1 Å². The summed E-state index contributed by atoms with van der Waals surface area (Å²) >= 11 is 0. The van der Waals surface area contributed by atoms with E-state index in [2.05, 4.69) is 17.6 Å². The molecule has 0 bridgehead atoms. The highest BCUT2D eigenvalue weighted by molar-refractivity contribution is 5.94. The van der Waals surface area contributed by atoms with Crippen LogP contribution in [-0.2, 0) is 0 Å². The second-order valence-corrected chi connectivity index (χ2v) is 3.41. The van der Waals surface area contributed by atoms with Gasteiger partial charge in [-0.05, 0) is 37.7 Å². The van der Waals surface area contributed by atoms with Crippen molar-refractivity contribution in [3.8, 4) is 0 Å². The number of Topliss-reactive ketones (excluding diaryl/α,β-unsaturated/α-hetero) is 1. The standard InChI is InChI=1S/C12H18N2O/c1-3-13-8-9-14-12-6-4-11(5-7-12)10(2)15/h4-7,13-14H,3,8-9H2,1-2H3. The third kappa shape index (κ3) is 4.13. The highest BCUT2D eigenvalue weighted by Crippen LogP contribution is 2.09. The van der Waals surface area contributed by atoms with Crippen molar-refractivity contribution in [2.75, 3.05) is 25.0 Å². The quantitative estimate of drug-likeness (QED) is 0.552. The highest BCUT2D eigenvalue weighted by Gasteiger charge is 1.97. The van der Waals surface area contributed by atoms with E-state index in [9.17, 15) is 4.79 Å². The molecule has 15 heavy (non-hydrogen) atoms. The molecular formula is C12H18N2O. The van der Waals surface area contributed by atoms with Crippen molar-refractivity contribution in [2.24, 2.45) is 0 Å². The van der Waals surface area contributed by atoms with Crippen LogP contribution in [0.15, 0.2) is 24.3 Å². The van der Waals surface area contributed by atoms with Gasteiger partial charge < -0.3 is 10.6 Å². The Labute approximate surface area is 90.9 Å². The molecule has 0 fully saturated rings. The summed E-state index contributed by atoms with van der Waals surface area (Å²) in [6, 6.07) is 7.56. The molecule has 0 aliphatic heterocycles. The molecule has 0 atom stereocenters. The molecule has 1 rings (SSSR count). The molecule has 0 saturated carbocycles. The molecule has 0 saturated heterocycles. The number of rotatable bonds is 6. The summed E-state index contributed by atoms with van der Waals surface area (Å²) < 4.78 is 0. The highest BCUT2D eigenvalue weighted by atomic mass is 16.1. The molecule has 0 amide bonds. The molecule has 2 N–H and O–H groups in total. The summed E-state index contributed by atoms with van der Waals surface area (Å²) in [6.07, 6.45) is 0. The lowest BCUT2D eigenvalue weighted by atomic mass is 10.1. The zero-order chi connectivity index (χ0) is 11.1. The third-order valence-electron chi connectivity index (χ3n) is 2.17. The molecule has 3 nitrogen and oxygen atoms in total. The number of hydrogen-bond acceptors (Lipinski definition) is 3. The average molecular weight is 206 g/mol. The van der Waals surface area contributed by atoms with Gasteiger partial charge in [-0.1, -0.05) is 6.92 Å². The Bertz CT molecular complexity index is 306. The minimum Gasteiger partial charge on any atom is -0.384 e. The van der Waals surface area contributed by atoms with Crippen molar-refractivity contribution >= 4 is 11.5 Å². The first-order valence-electron chi connectivity index (χ1n) is 5.29. The van der Waals surface area contributed by atoms with Crippen LogP contribution in [0, 0.1) is 0 Å². The van der Waals surface area contributed by atoms with Crippen molar-refractivity contribution in [3.63, 3.8) is 0 Å². The fourth-order valence-electron chi connectivity index (χ4n) is 1.29. The fourth-order valence-corrected chi connectivity index (χ4v) is 1.29. The van der Waals surface area contributed by atoms with Gasteiger partial charge in [0.1, 0.15) is 0 Å². The molecule has 82 valence electrons. The van der Waals surface area contributed by atoms with Crippen LogP contribution in [0.3, 0.4) is 0 Å². The largest absolute Gasteiger partial charge is 0.384 e. The summed E-state index contributed by atoms with van der Waals surface area (Å²) in [5, 5.41) is 6.50. The van der Waals surface area contributed by atoms with Gasteiger partial charge in [0.05, 0.1) is 0 Å². The van der Waals surface area contributed by atoms with E-state index in [0.29, 0.717) is 0 Å². The SMILES string of the molecule is CCNCCNc1ccc(C(C)=O)cc1. The molecular weight excluding hydrogens is 188 g/mol. The maximum absolute atomic E-state index is 11.0. The zero-order valence-electron chi connectivity index (χ0n) is 9.34. The van der Waals surface area contributed by atoms with Gasteiger partial charge >= 0.3 is 0 Å². The lowest BCUT2D eigenvalue weighted by Gasteiger charge is -2.06. The summed E-state index contributed by atoms with van der Waals surface area (Å²) in [5.74, 6) is 0.106. The fraction of sp³-hybridized carbons (Fsp3) is 0.417. The summed E-state index contributed by atoms with van der Waals surface area (Å²) in [4.78, 5) is 11.0. The van der Waals surface area contributed by atoms with E-state index in [0.717, 1.165) is 30.9 Å². The Morgan fingerprint density at radius 1 is 1.20 bits per heavy atom. The smallest absolute Gasteiger partial charge is 0.159 e. The maximum atomic E-state index is 11.0. The lowest BCUT2D eigenvalue weighted by Crippen LogP contribution is -2.21. The van der Waals surface area contributed by atoms with Crippen LogP contribution >= 0.6 is 0 Å². The molecule has 0 spiro atoms. The van der Waals surface area contributed by atoms with Gasteiger partial charge in [0.15, 0.2) is 5.78 Å². The molecule has 1 aromatic rings. The molecule has 0 radical (unpaired) electrons. The van der Waals surface area contributed by atoms with Gasteiger partial charge in [0.25, 0.3) is 0 Å². The minimum absolute atomic E-state index is 0.106. The summed E-state index contributed by atoms with van der Waals surface area (Å²) in [6.45, 7) is 6.50. The number of benzene rings is 1. The first kappa shape index (κ1) is 11.7. The molecule has 0 aromatic heterocycles. The Hall–Kier alpha value is -1.35. The Kier molecular flexibility index (Phi) is 4.84. The minimum atomic E-state index is 0.106. The zero-order valence-corrected chi connectivity index (χ0v) is 9.34. The van der Waals surface area contributed by atoms with Crippen molar-refractivity contribution in [3.05, 3.63) is 29.8 Å². The molecule has 1 aromatic carbocycles. The molecule has 0 aliphatic rings. The molecule has 0 heterocycles.